The van der Waals surface area contributed by atoms with Crippen molar-refractivity contribution in [3.8, 4) is 0 Å². The van der Waals surface area contributed by atoms with E-state index in [0.717, 1.165) is 10.0 Å². The van der Waals surface area contributed by atoms with E-state index in [1.165, 1.54) is 0 Å². The molecule has 0 aliphatic heterocycles. The minimum atomic E-state index is -0.203. The van der Waals surface area contributed by atoms with Gasteiger partial charge < -0.3 is 11.1 Å². The highest BCUT2D eigenvalue weighted by molar-refractivity contribution is 9.10. The van der Waals surface area contributed by atoms with Crippen molar-refractivity contribution in [2.45, 2.75) is 13.0 Å². The van der Waals surface area contributed by atoms with Crippen molar-refractivity contribution in [1.82, 2.24) is 5.32 Å². The molecule has 5 heteroatoms. The van der Waals surface area contributed by atoms with Crippen LogP contribution in [0, 0.1) is 0 Å². The van der Waals surface area contributed by atoms with Crippen molar-refractivity contribution in [2.24, 2.45) is 0 Å². The Balaban J connectivity index is 2.15. The SMILES string of the molecule is C[C@H](NC(=O)c1cc(Br)ccc1N)c1ccc(Cl)cc1. The highest BCUT2D eigenvalue weighted by Crippen LogP contribution is 2.20. The van der Waals surface area contributed by atoms with Gasteiger partial charge >= 0.3 is 0 Å². The molecule has 0 saturated carbocycles. The lowest BCUT2D eigenvalue weighted by atomic mass is 10.1. The Morgan fingerprint density at radius 1 is 1.25 bits per heavy atom. The summed E-state index contributed by atoms with van der Waals surface area (Å²) in [4.78, 5) is 12.2. The van der Waals surface area contributed by atoms with Crippen LogP contribution in [0.5, 0.6) is 0 Å². The molecule has 0 spiro atoms. The highest BCUT2D eigenvalue weighted by atomic mass is 79.9. The minimum Gasteiger partial charge on any atom is -0.398 e. The molecule has 20 heavy (non-hydrogen) atoms. The van der Waals surface area contributed by atoms with Crippen LogP contribution in [0.1, 0.15) is 28.9 Å². The molecule has 104 valence electrons. The van der Waals surface area contributed by atoms with Gasteiger partial charge in [-0.15, -0.1) is 0 Å². The summed E-state index contributed by atoms with van der Waals surface area (Å²) in [7, 11) is 0. The number of nitrogens with one attached hydrogen (secondary N) is 1. The number of carbonyl (C=O) groups is 1. The standard InChI is InChI=1S/C15H14BrClN2O/c1-9(10-2-5-12(17)6-3-10)19-15(20)13-8-11(16)4-7-14(13)18/h2-9H,18H2,1H3,(H,19,20)/t9-/m0/s1. The zero-order valence-electron chi connectivity index (χ0n) is 10.9. The summed E-state index contributed by atoms with van der Waals surface area (Å²) >= 11 is 9.18. The van der Waals surface area contributed by atoms with Crippen LogP contribution in [-0.4, -0.2) is 5.91 Å². The molecule has 0 unspecified atom stereocenters. The number of rotatable bonds is 3. The van der Waals surface area contributed by atoms with Gasteiger partial charge in [-0.3, -0.25) is 4.79 Å². The number of hydrogen-bond acceptors (Lipinski definition) is 2. The molecule has 0 aliphatic carbocycles. The molecule has 1 amide bonds. The van der Waals surface area contributed by atoms with Crippen LogP contribution in [0.15, 0.2) is 46.9 Å². The topological polar surface area (TPSA) is 55.1 Å². The van der Waals surface area contributed by atoms with Crippen molar-refractivity contribution in [2.75, 3.05) is 5.73 Å². The summed E-state index contributed by atoms with van der Waals surface area (Å²) in [6.07, 6.45) is 0. The fourth-order valence-electron chi connectivity index (χ4n) is 1.83. The number of halogens is 2. The molecule has 2 rings (SSSR count). The first kappa shape index (κ1) is 14.9. The molecule has 3 nitrogen and oxygen atoms in total. The van der Waals surface area contributed by atoms with Crippen LogP contribution < -0.4 is 11.1 Å². The molecule has 0 heterocycles. The van der Waals surface area contributed by atoms with Gasteiger partial charge in [-0.05, 0) is 42.8 Å². The minimum absolute atomic E-state index is 0.127. The lowest BCUT2D eigenvalue weighted by molar-refractivity contribution is 0.0940. The Kier molecular flexibility index (Phi) is 4.68. The number of carbonyl (C=O) groups excluding carboxylic acids is 1. The lowest BCUT2D eigenvalue weighted by Crippen LogP contribution is -2.27. The number of anilines is 1. The number of nitrogen functional groups attached to an aromatic ring is 1. The fourth-order valence-corrected chi connectivity index (χ4v) is 2.32. The van der Waals surface area contributed by atoms with E-state index in [0.29, 0.717) is 16.3 Å². The summed E-state index contributed by atoms with van der Waals surface area (Å²) in [6, 6.07) is 12.5. The lowest BCUT2D eigenvalue weighted by Gasteiger charge is -2.15. The average Bonchev–Trinajstić information content (AvgIpc) is 2.42. The summed E-state index contributed by atoms with van der Waals surface area (Å²) in [5.41, 5.74) is 7.72. The van der Waals surface area contributed by atoms with Crippen LogP contribution in [0.4, 0.5) is 5.69 Å². The van der Waals surface area contributed by atoms with Gasteiger partial charge in [0.25, 0.3) is 5.91 Å². The number of amides is 1. The van der Waals surface area contributed by atoms with E-state index in [2.05, 4.69) is 21.2 Å². The molecule has 0 aliphatic rings. The number of benzene rings is 2. The van der Waals surface area contributed by atoms with Gasteiger partial charge in [0, 0.05) is 15.2 Å². The molecule has 2 aromatic rings. The number of nitrogens with two attached hydrogens (primary N) is 1. The van der Waals surface area contributed by atoms with Crippen LogP contribution in [-0.2, 0) is 0 Å². The summed E-state index contributed by atoms with van der Waals surface area (Å²) < 4.78 is 0.816. The third-order valence-corrected chi connectivity index (χ3v) is 3.72. The molecule has 0 saturated heterocycles. The van der Waals surface area contributed by atoms with Crippen molar-refractivity contribution < 1.29 is 4.79 Å². The molecular weight excluding hydrogens is 340 g/mol. The van der Waals surface area contributed by atoms with Crippen molar-refractivity contribution in [1.29, 1.82) is 0 Å². The predicted molar refractivity (Wildman–Crippen MR) is 85.9 cm³/mol. The molecule has 0 radical (unpaired) electrons. The van der Waals surface area contributed by atoms with Gasteiger partial charge in [0.1, 0.15) is 0 Å². The van der Waals surface area contributed by atoms with Gasteiger partial charge in [-0.2, -0.15) is 0 Å². The van der Waals surface area contributed by atoms with Gasteiger partial charge in [0.05, 0.1) is 11.6 Å². The van der Waals surface area contributed by atoms with E-state index in [-0.39, 0.29) is 11.9 Å². The maximum absolute atomic E-state index is 12.2. The van der Waals surface area contributed by atoms with E-state index in [1.807, 2.05) is 19.1 Å². The molecular formula is C15H14BrClN2O. The second kappa shape index (κ2) is 6.29. The molecule has 0 fully saturated rings. The fraction of sp³-hybridized carbons (Fsp3) is 0.133. The van der Waals surface area contributed by atoms with E-state index in [1.54, 1.807) is 30.3 Å². The van der Waals surface area contributed by atoms with Crippen molar-refractivity contribution in [3.05, 3.63) is 63.1 Å². The molecule has 0 bridgehead atoms. The van der Waals surface area contributed by atoms with Crippen LogP contribution in [0.3, 0.4) is 0 Å². The maximum atomic E-state index is 12.2. The average molecular weight is 354 g/mol. The second-order valence-corrected chi connectivity index (χ2v) is 5.83. The Morgan fingerprint density at radius 3 is 2.55 bits per heavy atom. The van der Waals surface area contributed by atoms with Crippen LogP contribution in [0.25, 0.3) is 0 Å². The van der Waals surface area contributed by atoms with Gasteiger partial charge in [-0.25, -0.2) is 0 Å². The Labute approximate surface area is 131 Å². The molecule has 0 aromatic heterocycles. The van der Waals surface area contributed by atoms with Gasteiger partial charge in [0.15, 0.2) is 0 Å². The van der Waals surface area contributed by atoms with E-state index in [4.69, 9.17) is 17.3 Å². The Bertz CT molecular complexity index is 628. The summed E-state index contributed by atoms with van der Waals surface area (Å²) in [6.45, 7) is 1.91. The smallest absolute Gasteiger partial charge is 0.253 e. The largest absolute Gasteiger partial charge is 0.398 e. The summed E-state index contributed by atoms with van der Waals surface area (Å²) in [5, 5.41) is 3.59. The molecule has 2 aromatic carbocycles. The van der Waals surface area contributed by atoms with Crippen LogP contribution in [0.2, 0.25) is 5.02 Å². The normalized spacial score (nSPS) is 11.9. The van der Waals surface area contributed by atoms with Crippen molar-refractivity contribution >= 4 is 39.1 Å². The van der Waals surface area contributed by atoms with Gasteiger partial charge in [0.2, 0.25) is 0 Å². The highest BCUT2D eigenvalue weighted by Gasteiger charge is 2.14. The predicted octanol–water partition coefficient (Wildman–Crippen LogP) is 4.18. The second-order valence-electron chi connectivity index (χ2n) is 4.48. The first-order valence-corrected chi connectivity index (χ1v) is 7.26. The Morgan fingerprint density at radius 2 is 1.90 bits per heavy atom. The molecule has 3 N–H and O–H groups in total. The first-order chi connectivity index (χ1) is 9.47. The van der Waals surface area contributed by atoms with E-state index in [9.17, 15) is 4.79 Å². The van der Waals surface area contributed by atoms with E-state index >= 15 is 0 Å². The van der Waals surface area contributed by atoms with Crippen molar-refractivity contribution in [3.63, 3.8) is 0 Å². The van der Waals surface area contributed by atoms with E-state index < -0.39 is 0 Å². The third-order valence-electron chi connectivity index (χ3n) is 2.98. The zero-order chi connectivity index (χ0) is 14.7. The summed E-state index contributed by atoms with van der Waals surface area (Å²) in [5.74, 6) is -0.203. The first-order valence-electron chi connectivity index (χ1n) is 6.08. The van der Waals surface area contributed by atoms with Gasteiger partial charge in [-0.1, -0.05) is 39.7 Å². The monoisotopic (exact) mass is 352 g/mol. The third kappa shape index (κ3) is 3.52. The Hall–Kier alpha value is -1.52. The molecule has 1 atom stereocenters. The maximum Gasteiger partial charge on any atom is 0.253 e. The number of hydrogen-bond donors (Lipinski definition) is 2. The zero-order valence-corrected chi connectivity index (χ0v) is 13.2. The van der Waals surface area contributed by atoms with Crippen LogP contribution >= 0.6 is 27.5 Å². The quantitative estimate of drug-likeness (QED) is 0.813.